The Bertz CT molecular complexity index is 1390. The van der Waals surface area contributed by atoms with Gasteiger partial charge in [-0.05, 0) is 83.9 Å². The fourth-order valence-electron chi connectivity index (χ4n) is 7.48. The van der Waals surface area contributed by atoms with Gasteiger partial charge in [0.2, 0.25) is 0 Å². The van der Waals surface area contributed by atoms with Gasteiger partial charge in [-0.15, -0.1) is 0 Å². The summed E-state index contributed by atoms with van der Waals surface area (Å²) in [6.45, 7) is 4.53. The molecule has 1 heterocycles. The summed E-state index contributed by atoms with van der Waals surface area (Å²) in [5, 5.41) is 0.466. The first-order valence-electron chi connectivity index (χ1n) is 16.5. The Balaban J connectivity index is 1.18. The summed E-state index contributed by atoms with van der Waals surface area (Å²) < 4.78 is 50.8. The van der Waals surface area contributed by atoms with Gasteiger partial charge in [0.1, 0.15) is 17.0 Å². The van der Waals surface area contributed by atoms with E-state index in [1.165, 1.54) is 64.2 Å². The molecule has 5 heteroatoms. The average molecular weight is 581 g/mol. The SMILES string of the molecule is CCCC1CCC(CCc2ccc(CCc3cc4ccc(CCC5CCC(C)CC5)c(F)c4c(=O)o3)c(F)c2F)CC1. The quantitative estimate of drug-likeness (QED) is 0.226. The third-order valence-electron chi connectivity index (χ3n) is 10.3. The Hall–Kier alpha value is -2.56. The van der Waals surface area contributed by atoms with Crippen LogP contribution in [-0.4, -0.2) is 0 Å². The molecule has 0 spiro atoms. The molecule has 0 aliphatic heterocycles. The first-order chi connectivity index (χ1) is 20.3. The highest BCUT2D eigenvalue weighted by Gasteiger charge is 2.23. The number of halogens is 3. The lowest BCUT2D eigenvalue weighted by Crippen LogP contribution is -2.15. The molecule has 2 aromatic carbocycles. The lowest BCUT2D eigenvalue weighted by Gasteiger charge is -2.28. The van der Waals surface area contributed by atoms with Crippen molar-refractivity contribution in [1.29, 1.82) is 0 Å². The maximum Gasteiger partial charge on any atom is 0.346 e. The minimum absolute atomic E-state index is 0.0195. The van der Waals surface area contributed by atoms with Crippen LogP contribution in [0.1, 0.15) is 113 Å². The Morgan fingerprint density at radius 1 is 0.667 bits per heavy atom. The van der Waals surface area contributed by atoms with Crippen LogP contribution in [-0.2, 0) is 25.7 Å². The van der Waals surface area contributed by atoms with Crippen LogP contribution in [0, 0.1) is 41.1 Å². The predicted octanol–water partition coefficient (Wildman–Crippen LogP) is 10.3. The van der Waals surface area contributed by atoms with Crippen LogP contribution >= 0.6 is 0 Å². The highest BCUT2D eigenvalue weighted by molar-refractivity contribution is 5.82. The van der Waals surface area contributed by atoms with Crippen molar-refractivity contribution in [3.05, 3.63) is 80.7 Å². The van der Waals surface area contributed by atoms with Crippen molar-refractivity contribution in [2.24, 2.45) is 23.7 Å². The Kier molecular flexibility index (Phi) is 10.5. The number of benzene rings is 2. The van der Waals surface area contributed by atoms with E-state index in [-0.39, 0.29) is 23.8 Å². The van der Waals surface area contributed by atoms with Crippen molar-refractivity contribution >= 4 is 10.8 Å². The molecule has 0 radical (unpaired) electrons. The van der Waals surface area contributed by atoms with E-state index < -0.39 is 23.1 Å². The molecule has 2 aliphatic carbocycles. The molecule has 2 fully saturated rings. The van der Waals surface area contributed by atoms with Crippen molar-refractivity contribution in [2.45, 2.75) is 117 Å². The van der Waals surface area contributed by atoms with E-state index in [0.717, 1.165) is 24.7 Å². The van der Waals surface area contributed by atoms with Gasteiger partial charge in [-0.25, -0.2) is 18.0 Å². The highest BCUT2D eigenvalue weighted by atomic mass is 19.2. The number of rotatable bonds is 11. The van der Waals surface area contributed by atoms with Crippen LogP contribution < -0.4 is 5.63 Å². The minimum Gasteiger partial charge on any atom is -0.427 e. The summed E-state index contributed by atoms with van der Waals surface area (Å²) in [6, 6.07) is 8.57. The fraction of sp³-hybridized carbons (Fsp3) is 0.595. The maximum absolute atomic E-state index is 15.3. The van der Waals surface area contributed by atoms with Crippen LogP contribution in [0.5, 0.6) is 0 Å². The lowest BCUT2D eigenvalue weighted by atomic mass is 9.78. The zero-order valence-electron chi connectivity index (χ0n) is 25.5. The van der Waals surface area contributed by atoms with E-state index in [2.05, 4.69) is 13.8 Å². The Labute approximate surface area is 249 Å². The molecule has 0 unspecified atom stereocenters. The highest BCUT2D eigenvalue weighted by Crippen LogP contribution is 2.35. The Morgan fingerprint density at radius 2 is 1.17 bits per heavy atom. The summed E-state index contributed by atoms with van der Waals surface area (Å²) in [4.78, 5) is 12.8. The second-order valence-corrected chi connectivity index (χ2v) is 13.4. The third kappa shape index (κ3) is 7.50. The van der Waals surface area contributed by atoms with Crippen LogP contribution in [0.15, 0.2) is 39.5 Å². The van der Waals surface area contributed by atoms with Gasteiger partial charge >= 0.3 is 5.63 Å². The molecule has 0 saturated heterocycles. The average Bonchev–Trinajstić information content (AvgIpc) is 2.98. The van der Waals surface area contributed by atoms with Crippen molar-refractivity contribution in [1.82, 2.24) is 0 Å². The molecular weight excluding hydrogens is 533 g/mol. The first kappa shape index (κ1) is 30.9. The van der Waals surface area contributed by atoms with Crippen LogP contribution in [0.3, 0.4) is 0 Å². The van der Waals surface area contributed by atoms with Crippen molar-refractivity contribution < 1.29 is 17.6 Å². The molecule has 3 aromatic rings. The van der Waals surface area contributed by atoms with Crippen LogP contribution in [0.4, 0.5) is 13.2 Å². The summed E-state index contributed by atoms with van der Waals surface area (Å²) in [5.74, 6) is 1.11. The van der Waals surface area contributed by atoms with Gasteiger partial charge in [-0.2, -0.15) is 0 Å². The number of hydrogen-bond donors (Lipinski definition) is 0. The van der Waals surface area contributed by atoms with Crippen molar-refractivity contribution in [3.63, 3.8) is 0 Å². The normalized spacial score (nSPS) is 23.0. The molecule has 0 atom stereocenters. The van der Waals surface area contributed by atoms with Crippen LogP contribution in [0.25, 0.3) is 10.8 Å². The van der Waals surface area contributed by atoms with E-state index in [1.54, 1.807) is 30.3 Å². The maximum atomic E-state index is 15.3. The van der Waals surface area contributed by atoms with Gasteiger partial charge in [-0.3, -0.25) is 0 Å². The monoisotopic (exact) mass is 580 g/mol. The summed E-state index contributed by atoms with van der Waals surface area (Å²) in [6.07, 6.45) is 15.7. The van der Waals surface area contributed by atoms with Crippen LogP contribution in [0.2, 0.25) is 0 Å². The molecule has 0 amide bonds. The molecule has 5 rings (SSSR count). The van der Waals surface area contributed by atoms with Crippen molar-refractivity contribution in [3.8, 4) is 0 Å². The largest absolute Gasteiger partial charge is 0.427 e. The van der Waals surface area contributed by atoms with E-state index >= 15 is 8.78 Å². The van der Waals surface area contributed by atoms with E-state index in [9.17, 15) is 9.18 Å². The molecule has 1 aromatic heterocycles. The number of aryl methyl sites for hydroxylation is 4. The van der Waals surface area contributed by atoms with Gasteiger partial charge in [0.05, 0.1) is 0 Å². The molecule has 42 heavy (non-hydrogen) atoms. The van der Waals surface area contributed by atoms with E-state index in [4.69, 9.17) is 4.42 Å². The standard InChI is InChI=1S/C37H47F3O2/c1-3-4-25-9-11-27(12-10-25)14-16-29-17-18-30(36(40)35(29)39)21-22-32-23-31-20-19-28(34(38)33(31)37(41)42-32)15-13-26-7-5-24(2)6-8-26/h17-20,23-27H,3-16,21-22H2,1-2H3. The van der Waals surface area contributed by atoms with Gasteiger partial charge < -0.3 is 4.42 Å². The van der Waals surface area contributed by atoms with Gasteiger partial charge in [0.25, 0.3) is 0 Å². The van der Waals surface area contributed by atoms with E-state index in [1.807, 2.05) is 0 Å². The minimum atomic E-state index is -0.814. The molecule has 228 valence electrons. The molecule has 0 N–H and O–H groups in total. The van der Waals surface area contributed by atoms with Crippen molar-refractivity contribution in [2.75, 3.05) is 0 Å². The zero-order chi connectivity index (χ0) is 29.6. The molecule has 2 aliphatic rings. The summed E-state index contributed by atoms with van der Waals surface area (Å²) >= 11 is 0. The van der Waals surface area contributed by atoms with Gasteiger partial charge in [0.15, 0.2) is 11.6 Å². The summed E-state index contributed by atoms with van der Waals surface area (Å²) in [7, 11) is 0. The fourth-order valence-corrected chi connectivity index (χ4v) is 7.48. The summed E-state index contributed by atoms with van der Waals surface area (Å²) in [5.41, 5.74) is 0.549. The number of hydrogen-bond acceptors (Lipinski definition) is 2. The molecular formula is C37H47F3O2. The lowest BCUT2D eigenvalue weighted by molar-refractivity contribution is 0.251. The first-order valence-corrected chi connectivity index (χ1v) is 16.5. The van der Waals surface area contributed by atoms with Gasteiger partial charge in [-0.1, -0.05) is 102 Å². The number of fused-ring (bicyclic) bond motifs is 1. The Morgan fingerprint density at radius 3 is 1.76 bits per heavy atom. The predicted molar refractivity (Wildman–Crippen MR) is 164 cm³/mol. The second-order valence-electron chi connectivity index (χ2n) is 13.4. The van der Waals surface area contributed by atoms with E-state index in [0.29, 0.717) is 47.0 Å². The second kappa shape index (κ2) is 14.3. The third-order valence-corrected chi connectivity index (χ3v) is 10.3. The topological polar surface area (TPSA) is 30.2 Å². The smallest absolute Gasteiger partial charge is 0.346 e. The zero-order valence-corrected chi connectivity index (χ0v) is 25.5. The molecule has 2 saturated carbocycles. The molecule has 2 nitrogen and oxygen atoms in total. The molecule has 0 bridgehead atoms. The van der Waals surface area contributed by atoms with Gasteiger partial charge in [0, 0.05) is 6.42 Å².